The van der Waals surface area contributed by atoms with Gasteiger partial charge in [0.05, 0.1) is 24.2 Å². The van der Waals surface area contributed by atoms with Crippen LogP contribution in [0.15, 0.2) is 0 Å². The summed E-state index contributed by atoms with van der Waals surface area (Å²) < 4.78 is 9.84. The summed E-state index contributed by atoms with van der Waals surface area (Å²) in [4.78, 5) is 97.5. The Morgan fingerprint density at radius 3 is 1.01 bits per heavy atom. The van der Waals surface area contributed by atoms with Crippen LogP contribution in [-0.4, -0.2) is 125 Å². The molecular formula is C81H130O20. The van der Waals surface area contributed by atoms with Crippen LogP contribution in [0, 0.1) is 207 Å². The average Bonchev–Trinajstić information content (AvgIpc) is 1.68. The quantitative estimate of drug-likeness (QED) is 0.0576. The molecule has 0 heterocycles. The van der Waals surface area contributed by atoms with Gasteiger partial charge in [0.2, 0.25) is 0 Å². The Labute approximate surface area is 601 Å². The highest BCUT2D eigenvalue weighted by Crippen LogP contribution is 2.61. The number of aliphatic carboxylic acids is 7. The molecular weight excluding hydrogens is 1290 g/mol. The second-order valence-electron chi connectivity index (χ2n) is 36.1. The molecule has 0 aromatic carbocycles. The van der Waals surface area contributed by atoms with Gasteiger partial charge in [-0.1, -0.05) is 96.9 Å². The van der Waals surface area contributed by atoms with Gasteiger partial charge in [0.15, 0.2) is 18.8 Å². The van der Waals surface area contributed by atoms with E-state index in [1.165, 1.54) is 38.5 Å². The van der Waals surface area contributed by atoms with E-state index in [4.69, 9.17) is 45.2 Å². The van der Waals surface area contributed by atoms with Crippen molar-refractivity contribution in [3.8, 4) is 0 Å². The van der Waals surface area contributed by atoms with Crippen molar-refractivity contribution in [1.29, 1.82) is 0 Å². The van der Waals surface area contributed by atoms with E-state index in [9.17, 15) is 53.4 Å². The second kappa shape index (κ2) is 34.6. The molecule has 0 amide bonds. The Hall–Kier alpha value is -4.85. The first kappa shape index (κ1) is 81.8. The summed E-state index contributed by atoms with van der Waals surface area (Å²) in [7, 11) is 0. The third-order valence-corrected chi connectivity index (χ3v) is 32.2. The van der Waals surface area contributed by atoms with Crippen molar-refractivity contribution in [3.63, 3.8) is 0 Å². The third kappa shape index (κ3) is 18.5. The summed E-state index contributed by atoms with van der Waals surface area (Å²) >= 11 is 0. The molecule has 0 radical (unpaired) electrons. The normalized spacial score (nSPS) is 45.2. The summed E-state index contributed by atoms with van der Waals surface area (Å²) in [6.45, 7) is 31.2. The highest BCUT2D eigenvalue weighted by Gasteiger charge is 2.57. The minimum absolute atomic E-state index is 0.00343. The summed E-state index contributed by atoms with van der Waals surface area (Å²) in [5.74, 6) is 14.2. The topological polar surface area (TPSA) is 354 Å². The van der Waals surface area contributed by atoms with E-state index in [1.807, 2.05) is 0 Å². The number of fused-ring (bicyclic) bond motifs is 14. The Morgan fingerprint density at radius 1 is 0.327 bits per heavy atom. The molecule has 14 aliphatic carbocycles. The van der Waals surface area contributed by atoms with Crippen LogP contribution in [0.25, 0.3) is 0 Å². The fourth-order valence-corrected chi connectivity index (χ4v) is 24.8. The molecule has 14 rings (SSSR count). The zero-order valence-corrected chi connectivity index (χ0v) is 63.2. The van der Waals surface area contributed by atoms with Crippen LogP contribution in [0.2, 0.25) is 0 Å². The van der Waals surface area contributed by atoms with Crippen molar-refractivity contribution in [2.45, 2.75) is 231 Å². The van der Waals surface area contributed by atoms with Crippen LogP contribution in [0.5, 0.6) is 0 Å². The van der Waals surface area contributed by atoms with Gasteiger partial charge in [-0.3, -0.25) is 28.8 Å². The van der Waals surface area contributed by atoms with Crippen molar-refractivity contribution < 1.29 is 98.6 Å². The van der Waals surface area contributed by atoms with Gasteiger partial charge in [0, 0.05) is 12.8 Å². The number of carbonyl (C=O) groups is 9. The number of carboxylic acid groups (broad SMARTS) is 7. The fourth-order valence-electron chi connectivity index (χ4n) is 24.8. The highest BCUT2D eigenvalue weighted by atomic mass is 16.6. The van der Waals surface area contributed by atoms with E-state index in [1.54, 1.807) is 0 Å². The lowest BCUT2D eigenvalue weighted by molar-refractivity contribution is -0.160. The van der Waals surface area contributed by atoms with E-state index in [0.29, 0.717) is 144 Å². The van der Waals surface area contributed by atoms with Crippen molar-refractivity contribution >= 4 is 53.7 Å². The van der Waals surface area contributed by atoms with Gasteiger partial charge in [-0.25, -0.2) is 14.4 Å². The maximum Gasteiger partial charge on any atom is 0.341 e. The molecule has 20 heteroatoms. The molecule has 101 heavy (non-hydrogen) atoms. The third-order valence-electron chi connectivity index (χ3n) is 32.2. The number of aliphatic hydroxyl groups is 2. The van der Waals surface area contributed by atoms with E-state index >= 15 is 0 Å². The summed E-state index contributed by atoms with van der Waals surface area (Å²) in [6, 6.07) is 0. The van der Waals surface area contributed by atoms with Gasteiger partial charge in [0.1, 0.15) is 6.61 Å². The van der Waals surface area contributed by atoms with Crippen LogP contribution >= 0.6 is 0 Å². The van der Waals surface area contributed by atoms with Gasteiger partial charge in [-0.05, 0) is 292 Å². The van der Waals surface area contributed by atoms with Crippen molar-refractivity contribution in [3.05, 3.63) is 0 Å². The van der Waals surface area contributed by atoms with E-state index in [-0.39, 0.29) is 48.6 Å². The molecule has 20 nitrogen and oxygen atoms in total. The van der Waals surface area contributed by atoms with E-state index in [2.05, 4.69) is 96.9 Å². The zero-order chi connectivity index (χ0) is 74.8. The van der Waals surface area contributed by atoms with Crippen LogP contribution < -0.4 is 0 Å². The van der Waals surface area contributed by atoms with E-state index < -0.39 is 60.6 Å². The standard InChI is InChI=1S/C13H20O4.C12H18O4.C12H20O3.C12H20O2.C11H18O3.C11H18O2.C10H16O2/c1-7-8(2)10-5-9(7)6-11(10)13(16)17-4-3-12(14)15;1-6-7(2)9-3-8(6)4-10(9)12(15)16-5-11(13)14;1-6-7(2)10-4-8(6)3-9(10)5-11(13)12(14)15;1-7-8(2)11-6-10(7)5-9(11)3-4-12(13)14;1-5-6(2)8-3-7(5)4-9(8)10(12)11(13)14;1-6-7(2)10-4-8(6)3-9(10)5-11(12)13;1-5-6(2)8-3-7(5)4-9(8)10(11)12/h7-11H,3-6H2,1-2H3,(H,14,15);6-10H,3-5H2,1-2H3,(H,13,14);6-11,13H,3-5H2,1-2H3,(H,14,15);7-11H,3-6H2,1-2H3,(H,13,14);5-10,12H,3-4H2,1-2H3,(H,13,14);6-10H,3-5H2,1-2H3,(H,12,13);5-9H,3-4H2,1-2H3,(H,11,12). The molecule has 574 valence electrons. The molecule has 14 aliphatic rings. The lowest BCUT2D eigenvalue weighted by Gasteiger charge is -2.32. The number of hydrogen-bond donors (Lipinski definition) is 9. The number of aliphatic hydroxyl groups excluding tert-OH is 2. The van der Waals surface area contributed by atoms with Gasteiger partial charge in [0.25, 0.3) is 0 Å². The van der Waals surface area contributed by atoms with Crippen molar-refractivity contribution in [2.75, 3.05) is 13.2 Å². The Balaban J connectivity index is 0.000000150. The second-order valence-corrected chi connectivity index (χ2v) is 36.1. The van der Waals surface area contributed by atoms with Crippen LogP contribution in [0.1, 0.15) is 219 Å². The summed E-state index contributed by atoms with van der Waals surface area (Å²) in [5, 5.41) is 79.7. The average molecular weight is 1420 g/mol. The smallest absolute Gasteiger partial charge is 0.341 e. The van der Waals surface area contributed by atoms with Crippen LogP contribution in [0.3, 0.4) is 0 Å². The summed E-state index contributed by atoms with van der Waals surface area (Å²) in [5.41, 5.74) is 0. The maximum atomic E-state index is 11.9. The first-order chi connectivity index (χ1) is 47.3. The number of ether oxygens (including phenoxy) is 2. The monoisotopic (exact) mass is 1420 g/mol. The first-order valence-electron chi connectivity index (χ1n) is 39.6. The molecule has 14 bridgehead atoms. The Kier molecular flexibility index (Phi) is 28.0. The SMILES string of the molecule is CC1C2CC(C(=O)O)C(C2)C1C.CC1C2CC(C(=O)OCC(=O)O)C(C2)C1C.CC1C2CC(C(=O)OCCC(=O)O)C(C2)C1C.CC1C2CC(C(O)C(=O)O)C(C2)C1C.CC1C2CC(CC(=O)O)C(C2)C1C.CC1C2CC(CC(O)C(=O)O)C(C2)C1C.CC1C2CC(CCC(=O)O)C(C2)C1C. The van der Waals surface area contributed by atoms with Crippen molar-refractivity contribution in [1.82, 2.24) is 0 Å². The fraction of sp³-hybridized carbons (Fsp3) is 0.889. The molecule has 37 atom stereocenters. The Bertz CT molecular complexity index is 2860. The van der Waals surface area contributed by atoms with Gasteiger partial charge < -0.3 is 55.4 Å². The predicted molar refractivity (Wildman–Crippen MR) is 377 cm³/mol. The summed E-state index contributed by atoms with van der Waals surface area (Å²) in [6.07, 6.45) is 15.4. The van der Waals surface area contributed by atoms with Crippen LogP contribution in [-0.2, 0) is 52.6 Å². The highest BCUT2D eigenvalue weighted by molar-refractivity contribution is 5.78. The molecule has 0 aliphatic heterocycles. The number of hydrogen-bond acceptors (Lipinski definition) is 13. The molecule has 9 N–H and O–H groups in total. The lowest BCUT2D eigenvalue weighted by Crippen LogP contribution is -2.37. The largest absolute Gasteiger partial charge is 0.481 e. The minimum Gasteiger partial charge on any atom is -0.481 e. The molecule has 37 unspecified atom stereocenters. The molecule has 14 fully saturated rings. The molecule has 0 spiro atoms. The molecule has 0 aromatic heterocycles. The Morgan fingerprint density at radius 2 is 0.663 bits per heavy atom. The predicted octanol–water partition coefficient (Wildman–Crippen LogP) is 13.8. The van der Waals surface area contributed by atoms with Crippen molar-refractivity contribution in [2.24, 2.45) is 207 Å². The molecule has 0 saturated heterocycles. The van der Waals surface area contributed by atoms with Gasteiger partial charge >= 0.3 is 53.7 Å². The minimum atomic E-state index is -1.16. The van der Waals surface area contributed by atoms with Crippen LogP contribution in [0.4, 0.5) is 0 Å². The first-order valence-corrected chi connectivity index (χ1v) is 39.6. The molecule has 14 saturated carbocycles. The zero-order valence-electron chi connectivity index (χ0n) is 63.2. The molecule has 0 aromatic rings. The number of carboxylic acids is 7. The number of carbonyl (C=O) groups excluding carboxylic acids is 2. The van der Waals surface area contributed by atoms with Gasteiger partial charge in [-0.2, -0.15) is 0 Å². The maximum absolute atomic E-state index is 11.9. The number of esters is 2. The van der Waals surface area contributed by atoms with E-state index in [0.717, 1.165) is 117 Å². The number of rotatable bonds is 18. The van der Waals surface area contributed by atoms with Gasteiger partial charge in [-0.15, -0.1) is 0 Å². The lowest BCUT2D eigenvalue weighted by atomic mass is 9.74.